The fraction of sp³-hybridized carbons (Fsp3) is 0.875. The van der Waals surface area contributed by atoms with Crippen molar-refractivity contribution in [1.29, 1.82) is 0 Å². The summed E-state index contributed by atoms with van der Waals surface area (Å²) in [6.07, 6.45) is -1.74. The lowest BCUT2D eigenvalue weighted by Gasteiger charge is -2.24. The Morgan fingerprint density at radius 3 is 2.23 bits per heavy atom. The Morgan fingerprint density at radius 2 is 1.92 bits per heavy atom. The highest BCUT2D eigenvalue weighted by Gasteiger charge is 2.27. The van der Waals surface area contributed by atoms with Gasteiger partial charge in [-0.3, -0.25) is 0 Å². The summed E-state index contributed by atoms with van der Waals surface area (Å²) in [5.74, 6) is 0. The van der Waals surface area contributed by atoms with Crippen molar-refractivity contribution in [2.45, 2.75) is 18.3 Å². The third-order valence-electron chi connectivity index (χ3n) is 1.72. The van der Waals surface area contributed by atoms with Gasteiger partial charge in [0.2, 0.25) is 0 Å². The Balaban J connectivity index is 4.19. The van der Waals surface area contributed by atoms with Crippen LogP contribution in [0.4, 0.5) is 0 Å². The molecule has 3 atom stereocenters. The molecule has 0 heterocycles. The molecule has 0 radical (unpaired) electrons. The van der Waals surface area contributed by atoms with Crippen LogP contribution in [0.2, 0.25) is 0 Å². The Labute approximate surface area is 77.6 Å². The van der Waals surface area contributed by atoms with Gasteiger partial charge in [0.1, 0.15) is 18.3 Å². The smallest absolute Gasteiger partial charge is 0.151 e. The second-order valence-corrected chi connectivity index (χ2v) is 2.56. The lowest BCUT2D eigenvalue weighted by Crippen LogP contribution is -2.43. The zero-order chi connectivity index (χ0) is 10.3. The molecule has 0 amide bonds. The number of carbonyl (C=O) groups is 1. The molecule has 0 saturated heterocycles. The maximum absolute atomic E-state index is 10.5. The summed E-state index contributed by atoms with van der Waals surface area (Å²) in [6.45, 7) is 0.103. The first-order chi connectivity index (χ1) is 6.21. The van der Waals surface area contributed by atoms with Gasteiger partial charge in [0.25, 0.3) is 0 Å². The minimum absolute atomic E-state index is 0.103. The third-order valence-corrected chi connectivity index (χ3v) is 1.72. The van der Waals surface area contributed by atoms with Gasteiger partial charge in [0.05, 0.1) is 6.61 Å². The van der Waals surface area contributed by atoms with Crippen LogP contribution < -0.4 is 0 Å². The van der Waals surface area contributed by atoms with Crippen molar-refractivity contribution in [3.8, 4) is 0 Å². The molecule has 3 unspecified atom stereocenters. The largest absolute Gasteiger partial charge is 0.388 e. The second-order valence-electron chi connectivity index (χ2n) is 2.56. The van der Waals surface area contributed by atoms with Crippen LogP contribution in [-0.4, -0.2) is 57.6 Å². The summed E-state index contributed by atoms with van der Waals surface area (Å²) in [7, 11) is 4.24. The van der Waals surface area contributed by atoms with E-state index in [0.717, 1.165) is 0 Å². The average molecular weight is 192 g/mol. The van der Waals surface area contributed by atoms with Crippen molar-refractivity contribution in [2.24, 2.45) is 0 Å². The van der Waals surface area contributed by atoms with Crippen LogP contribution in [0.3, 0.4) is 0 Å². The molecule has 78 valence electrons. The summed E-state index contributed by atoms with van der Waals surface area (Å²) >= 11 is 0. The van der Waals surface area contributed by atoms with Crippen LogP contribution >= 0.6 is 0 Å². The van der Waals surface area contributed by atoms with Crippen molar-refractivity contribution >= 4 is 6.29 Å². The number of hydrogen-bond acceptors (Lipinski definition) is 5. The van der Waals surface area contributed by atoms with Gasteiger partial charge in [0.15, 0.2) is 6.29 Å². The maximum Gasteiger partial charge on any atom is 0.151 e. The van der Waals surface area contributed by atoms with E-state index in [-0.39, 0.29) is 6.61 Å². The van der Waals surface area contributed by atoms with E-state index in [4.69, 9.17) is 14.2 Å². The molecule has 5 heteroatoms. The molecule has 0 saturated carbocycles. The number of ether oxygens (including phenoxy) is 3. The van der Waals surface area contributed by atoms with Gasteiger partial charge in [-0.2, -0.15) is 0 Å². The van der Waals surface area contributed by atoms with Crippen LogP contribution in [0, 0.1) is 0 Å². The SMILES string of the molecule is COCC(O)C(OC)C(C=O)OC. The van der Waals surface area contributed by atoms with Gasteiger partial charge >= 0.3 is 0 Å². The van der Waals surface area contributed by atoms with Crippen LogP contribution in [0.1, 0.15) is 0 Å². The number of carbonyl (C=O) groups excluding carboxylic acids is 1. The molecular formula is C8H16O5. The molecule has 5 nitrogen and oxygen atoms in total. The number of rotatable bonds is 7. The van der Waals surface area contributed by atoms with Gasteiger partial charge < -0.3 is 24.1 Å². The Bertz CT molecular complexity index is 138. The highest BCUT2D eigenvalue weighted by atomic mass is 16.5. The molecule has 0 rings (SSSR count). The molecule has 0 aromatic heterocycles. The van der Waals surface area contributed by atoms with Gasteiger partial charge in [-0.25, -0.2) is 0 Å². The first-order valence-corrected chi connectivity index (χ1v) is 3.89. The molecule has 0 fully saturated rings. The highest BCUT2D eigenvalue weighted by Crippen LogP contribution is 2.06. The fourth-order valence-corrected chi connectivity index (χ4v) is 1.04. The van der Waals surface area contributed by atoms with Crippen molar-refractivity contribution in [1.82, 2.24) is 0 Å². The Hall–Kier alpha value is -0.490. The van der Waals surface area contributed by atoms with Gasteiger partial charge in [-0.15, -0.1) is 0 Å². The molecule has 0 bridgehead atoms. The number of aliphatic hydroxyl groups is 1. The topological polar surface area (TPSA) is 65.0 Å². The molecule has 0 aliphatic rings. The van der Waals surface area contributed by atoms with Gasteiger partial charge in [0, 0.05) is 21.3 Å². The minimum atomic E-state index is -0.870. The van der Waals surface area contributed by atoms with E-state index in [9.17, 15) is 9.90 Å². The van der Waals surface area contributed by atoms with E-state index in [1.807, 2.05) is 0 Å². The Kier molecular flexibility index (Phi) is 6.70. The molecule has 0 aromatic rings. The highest BCUT2D eigenvalue weighted by molar-refractivity contribution is 5.57. The molecule has 0 aliphatic carbocycles. The standard InChI is InChI=1S/C8H16O5/c1-11-5-6(10)8(13-3)7(4-9)12-2/h4,6-8,10H,5H2,1-3H3. The van der Waals surface area contributed by atoms with Crippen LogP contribution in [-0.2, 0) is 19.0 Å². The van der Waals surface area contributed by atoms with E-state index in [2.05, 4.69) is 0 Å². The van der Waals surface area contributed by atoms with E-state index >= 15 is 0 Å². The molecule has 13 heavy (non-hydrogen) atoms. The zero-order valence-electron chi connectivity index (χ0n) is 8.10. The van der Waals surface area contributed by atoms with Crippen molar-refractivity contribution < 1.29 is 24.1 Å². The van der Waals surface area contributed by atoms with E-state index in [1.165, 1.54) is 21.3 Å². The van der Waals surface area contributed by atoms with Crippen LogP contribution in [0.15, 0.2) is 0 Å². The van der Waals surface area contributed by atoms with E-state index in [0.29, 0.717) is 6.29 Å². The molecule has 0 aromatic carbocycles. The first kappa shape index (κ1) is 12.5. The number of methoxy groups -OCH3 is 3. The van der Waals surface area contributed by atoms with E-state index < -0.39 is 18.3 Å². The van der Waals surface area contributed by atoms with Gasteiger partial charge in [-0.05, 0) is 0 Å². The summed E-state index contributed by atoms with van der Waals surface area (Å²) in [5.41, 5.74) is 0. The average Bonchev–Trinajstić information content (AvgIpc) is 2.14. The van der Waals surface area contributed by atoms with Crippen molar-refractivity contribution in [3.05, 3.63) is 0 Å². The van der Waals surface area contributed by atoms with Gasteiger partial charge in [-0.1, -0.05) is 0 Å². The lowest BCUT2D eigenvalue weighted by molar-refractivity contribution is -0.138. The molecule has 0 aliphatic heterocycles. The van der Waals surface area contributed by atoms with Crippen LogP contribution in [0.25, 0.3) is 0 Å². The summed E-state index contributed by atoms with van der Waals surface area (Å²) in [5, 5.41) is 9.45. The summed E-state index contributed by atoms with van der Waals surface area (Å²) < 4.78 is 14.5. The zero-order valence-corrected chi connectivity index (χ0v) is 8.10. The fourth-order valence-electron chi connectivity index (χ4n) is 1.04. The second kappa shape index (κ2) is 6.97. The minimum Gasteiger partial charge on any atom is -0.388 e. The lowest BCUT2D eigenvalue weighted by atomic mass is 10.1. The van der Waals surface area contributed by atoms with E-state index in [1.54, 1.807) is 0 Å². The van der Waals surface area contributed by atoms with Crippen molar-refractivity contribution in [2.75, 3.05) is 27.9 Å². The molecule has 0 spiro atoms. The monoisotopic (exact) mass is 192 g/mol. The van der Waals surface area contributed by atoms with Crippen molar-refractivity contribution in [3.63, 3.8) is 0 Å². The summed E-state index contributed by atoms with van der Waals surface area (Å²) in [6, 6.07) is 0. The molecular weight excluding hydrogens is 176 g/mol. The number of aldehydes is 1. The predicted molar refractivity (Wildman–Crippen MR) is 45.5 cm³/mol. The predicted octanol–water partition coefficient (Wildman–Crippen LogP) is -0.777. The number of aliphatic hydroxyl groups excluding tert-OH is 1. The molecule has 1 N–H and O–H groups in total. The summed E-state index contributed by atoms with van der Waals surface area (Å²) in [4.78, 5) is 10.5. The first-order valence-electron chi connectivity index (χ1n) is 3.89. The quantitative estimate of drug-likeness (QED) is 0.536. The normalized spacial score (nSPS) is 17.8. The maximum atomic E-state index is 10.5. The Morgan fingerprint density at radius 1 is 1.31 bits per heavy atom. The third kappa shape index (κ3) is 3.82. The number of hydrogen-bond donors (Lipinski definition) is 1. The van der Waals surface area contributed by atoms with Crippen LogP contribution in [0.5, 0.6) is 0 Å².